The van der Waals surface area contributed by atoms with Crippen LogP contribution < -0.4 is 0 Å². The summed E-state index contributed by atoms with van der Waals surface area (Å²) in [4.78, 5) is 0. The number of hydrogen-bond acceptors (Lipinski definition) is 2. The molecule has 0 N–H and O–H groups in total. The van der Waals surface area contributed by atoms with Crippen LogP contribution in [0.2, 0.25) is 0 Å². The Kier molecular flexibility index (Phi) is 7.07. The fourth-order valence-corrected chi connectivity index (χ4v) is 12.8. The highest BCUT2D eigenvalue weighted by molar-refractivity contribution is 6.14. The van der Waals surface area contributed by atoms with Crippen molar-refractivity contribution in [1.82, 2.24) is 9.13 Å². The van der Waals surface area contributed by atoms with Crippen molar-refractivity contribution in [2.24, 2.45) is 5.41 Å². The van der Waals surface area contributed by atoms with Crippen molar-refractivity contribution >= 4 is 43.6 Å². The second-order valence-electron chi connectivity index (χ2n) is 21.2. The van der Waals surface area contributed by atoms with Gasteiger partial charge in [0.2, 0.25) is 0 Å². The van der Waals surface area contributed by atoms with E-state index in [1.54, 1.807) is 0 Å². The highest BCUT2D eigenvalue weighted by atomic mass is 15.0. The summed E-state index contributed by atoms with van der Waals surface area (Å²) in [5, 5.41) is 28.2. The normalized spacial score (nSPS) is 17.7. The van der Waals surface area contributed by atoms with Crippen molar-refractivity contribution in [3.05, 3.63) is 166 Å². The van der Waals surface area contributed by atoms with Gasteiger partial charge in [0, 0.05) is 32.4 Å². The van der Waals surface area contributed by atoms with Crippen LogP contribution in [-0.2, 0) is 21.7 Å². The van der Waals surface area contributed by atoms with Gasteiger partial charge in [-0.3, -0.25) is 0 Å². The van der Waals surface area contributed by atoms with Crippen LogP contribution in [0, 0.1) is 28.1 Å². The molecule has 0 atom stereocenters. The summed E-state index contributed by atoms with van der Waals surface area (Å²) in [6, 6.07) is 49.9. The van der Waals surface area contributed by atoms with Gasteiger partial charge in [-0.15, -0.1) is 0 Å². The lowest BCUT2D eigenvalue weighted by atomic mass is 9.59. The monoisotopic (exact) mass is 814 g/mol. The fraction of sp³-hybridized carbons (Fsp3) is 0.254. The van der Waals surface area contributed by atoms with E-state index in [1.807, 2.05) is 0 Å². The van der Waals surface area contributed by atoms with Crippen LogP contribution in [0.15, 0.2) is 121 Å². The number of fused-ring (bicyclic) bond motifs is 13. The zero-order valence-electron chi connectivity index (χ0n) is 37.8. The highest BCUT2D eigenvalue weighted by Crippen LogP contribution is 2.66. The van der Waals surface area contributed by atoms with Crippen molar-refractivity contribution < 1.29 is 0 Å². The summed E-state index contributed by atoms with van der Waals surface area (Å²) in [5.41, 5.74) is 17.6. The molecular weight excluding hydrogens is 765 g/mol. The molecule has 4 nitrogen and oxygen atoms in total. The molecule has 0 saturated carbocycles. The van der Waals surface area contributed by atoms with Gasteiger partial charge in [-0.2, -0.15) is 10.5 Å². The SMILES string of the molecule is CC1(C)c2ccccc2-c2cc3c4ccccc4n(-c4c(C#N)c(C#N)c(-n5c6ccccc6c6cc7c(cc65)C(C)(C)c5ccccc5-7)c5c4C(C)(C)C(C)(C)C5(C)C)c3cc21. The Morgan fingerprint density at radius 1 is 0.381 bits per heavy atom. The zero-order chi connectivity index (χ0) is 43.9. The number of nitriles is 2. The van der Waals surface area contributed by atoms with E-state index < -0.39 is 10.8 Å². The molecule has 0 amide bonds. The quantitative estimate of drug-likeness (QED) is 0.175. The maximum Gasteiger partial charge on any atom is 0.103 e. The van der Waals surface area contributed by atoms with Crippen LogP contribution in [-0.4, -0.2) is 9.13 Å². The number of benzene rings is 7. The number of rotatable bonds is 2. The Hall–Kier alpha value is -6.88. The molecule has 3 aliphatic rings. The first-order valence-electron chi connectivity index (χ1n) is 22.4. The van der Waals surface area contributed by atoms with Gasteiger partial charge in [0.15, 0.2) is 0 Å². The number of nitrogens with zero attached hydrogens (tertiary/aromatic N) is 4. The first-order chi connectivity index (χ1) is 30.0. The molecule has 0 saturated heterocycles. The fourth-order valence-electron chi connectivity index (χ4n) is 12.8. The minimum atomic E-state index is -0.441. The molecule has 2 aromatic heterocycles. The van der Waals surface area contributed by atoms with Gasteiger partial charge in [0.05, 0.1) is 44.6 Å². The van der Waals surface area contributed by atoms with E-state index in [4.69, 9.17) is 0 Å². The minimum Gasteiger partial charge on any atom is -0.308 e. The first kappa shape index (κ1) is 37.8. The van der Waals surface area contributed by atoms with E-state index in [-0.39, 0.29) is 16.2 Å². The van der Waals surface area contributed by atoms with Crippen LogP contribution in [0.4, 0.5) is 0 Å². The molecule has 12 rings (SSSR count). The summed E-state index contributed by atoms with van der Waals surface area (Å²) >= 11 is 0. The van der Waals surface area contributed by atoms with E-state index in [1.165, 1.54) is 44.5 Å². The maximum atomic E-state index is 11.8. The highest BCUT2D eigenvalue weighted by Gasteiger charge is 2.60. The van der Waals surface area contributed by atoms with Gasteiger partial charge < -0.3 is 9.13 Å². The first-order valence-corrected chi connectivity index (χ1v) is 22.4. The van der Waals surface area contributed by atoms with Crippen molar-refractivity contribution in [2.75, 3.05) is 0 Å². The summed E-state index contributed by atoms with van der Waals surface area (Å²) < 4.78 is 4.73. The van der Waals surface area contributed by atoms with Gasteiger partial charge in [-0.25, -0.2) is 0 Å². The average Bonchev–Trinajstić information content (AvgIpc) is 3.94. The Labute approximate surface area is 369 Å². The second kappa shape index (κ2) is 11.8. The molecule has 3 aliphatic carbocycles. The third-order valence-corrected chi connectivity index (χ3v) is 17.2. The van der Waals surface area contributed by atoms with Gasteiger partial charge in [0.1, 0.15) is 12.1 Å². The lowest BCUT2D eigenvalue weighted by molar-refractivity contribution is 0.125. The van der Waals surface area contributed by atoms with Crippen LogP contribution in [0.5, 0.6) is 0 Å². The Balaban J connectivity index is 1.27. The van der Waals surface area contributed by atoms with Crippen LogP contribution in [0.25, 0.3) is 77.2 Å². The van der Waals surface area contributed by atoms with Crippen LogP contribution >= 0.6 is 0 Å². The number of hydrogen-bond donors (Lipinski definition) is 0. The largest absolute Gasteiger partial charge is 0.308 e. The molecule has 0 spiro atoms. The topological polar surface area (TPSA) is 57.4 Å². The Bertz CT molecular complexity index is 3430. The molecule has 0 bridgehead atoms. The van der Waals surface area contributed by atoms with Gasteiger partial charge in [-0.1, -0.05) is 154 Å². The van der Waals surface area contributed by atoms with Gasteiger partial charge in [-0.05, 0) is 108 Å². The average molecular weight is 815 g/mol. The molecule has 9 aromatic rings. The lowest BCUT2D eigenvalue weighted by Crippen LogP contribution is -2.42. The molecule has 7 aromatic carbocycles. The predicted molar refractivity (Wildman–Crippen MR) is 260 cm³/mol. The Morgan fingerprint density at radius 3 is 1.14 bits per heavy atom. The summed E-state index contributed by atoms with van der Waals surface area (Å²) in [5.74, 6) is 0. The van der Waals surface area contributed by atoms with Crippen molar-refractivity contribution in [1.29, 1.82) is 10.5 Å². The van der Waals surface area contributed by atoms with Crippen molar-refractivity contribution in [3.8, 4) is 45.8 Å². The summed E-state index contributed by atoms with van der Waals surface area (Å²) in [7, 11) is 0. The standard InChI is InChI=1S/C59H50N4/c1-55(2)43-23-15-11-19-33(43)37-27-39-35-21-13-17-25-47(35)62(49(39)29-45(37)55)53-41(31-60)42(32-61)54(52-51(53)57(5,6)59(9,10)58(52,7)8)63-48-26-18-14-22-36(48)40-28-38-34-20-12-16-24-44(34)56(3,4)46(38)30-50(40)63/h11-30H,1-10H3. The smallest absolute Gasteiger partial charge is 0.103 e. The molecule has 0 radical (unpaired) electrons. The van der Waals surface area contributed by atoms with Gasteiger partial charge in [0.25, 0.3) is 0 Å². The Morgan fingerprint density at radius 2 is 0.746 bits per heavy atom. The van der Waals surface area contributed by atoms with E-state index in [2.05, 4.69) is 212 Å². The number of para-hydroxylation sites is 2. The molecule has 4 heteroatoms. The van der Waals surface area contributed by atoms with E-state index >= 15 is 0 Å². The lowest BCUT2D eigenvalue weighted by Gasteiger charge is -2.45. The third-order valence-electron chi connectivity index (χ3n) is 17.2. The molecule has 2 heterocycles. The van der Waals surface area contributed by atoms with Crippen molar-refractivity contribution in [3.63, 3.8) is 0 Å². The minimum absolute atomic E-state index is 0.223. The second-order valence-corrected chi connectivity index (χ2v) is 21.2. The summed E-state index contributed by atoms with van der Waals surface area (Å²) in [6.45, 7) is 23.5. The predicted octanol–water partition coefficient (Wildman–Crippen LogP) is 14.8. The van der Waals surface area contributed by atoms with E-state index in [0.29, 0.717) is 11.1 Å². The third kappa shape index (κ3) is 4.26. The number of aromatic nitrogens is 2. The van der Waals surface area contributed by atoms with Crippen LogP contribution in [0.1, 0.15) is 114 Å². The molecule has 0 fully saturated rings. The van der Waals surface area contributed by atoms with Gasteiger partial charge >= 0.3 is 0 Å². The maximum absolute atomic E-state index is 11.8. The molecule has 0 aliphatic heterocycles. The molecule has 0 unspecified atom stereocenters. The molecular formula is C59H50N4. The van der Waals surface area contributed by atoms with E-state index in [0.717, 1.165) is 66.1 Å². The van der Waals surface area contributed by atoms with Crippen LogP contribution in [0.3, 0.4) is 0 Å². The zero-order valence-corrected chi connectivity index (χ0v) is 37.8. The van der Waals surface area contributed by atoms with Crippen molar-refractivity contribution in [2.45, 2.75) is 90.9 Å². The summed E-state index contributed by atoms with van der Waals surface area (Å²) in [6.07, 6.45) is 0. The molecule has 63 heavy (non-hydrogen) atoms. The molecule has 306 valence electrons. The van der Waals surface area contributed by atoms with E-state index in [9.17, 15) is 10.5 Å².